The normalized spacial score (nSPS) is 30.3. The quantitative estimate of drug-likeness (QED) is 0.375. The first-order chi connectivity index (χ1) is 9.86. The number of aliphatic hydroxyl groups excluding tert-OH is 3. The van der Waals surface area contributed by atoms with E-state index in [2.05, 4.69) is 0 Å². The van der Waals surface area contributed by atoms with Crippen molar-refractivity contribution in [1.29, 1.82) is 0 Å². The predicted octanol–water partition coefficient (Wildman–Crippen LogP) is -3.96. The van der Waals surface area contributed by atoms with E-state index in [1.165, 1.54) is 0 Å². The van der Waals surface area contributed by atoms with Gasteiger partial charge in [-0.1, -0.05) is 0 Å². The molecule has 0 spiro atoms. The zero-order valence-corrected chi connectivity index (χ0v) is 10.7. The summed E-state index contributed by atoms with van der Waals surface area (Å²) in [7, 11) is 0. The Labute approximate surface area is 117 Å². The van der Waals surface area contributed by atoms with Crippen LogP contribution in [-0.4, -0.2) is 61.6 Å². The lowest BCUT2D eigenvalue weighted by molar-refractivity contribution is -0.140. The molecule has 1 aromatic rings. The van der Waals surface area contributed by atoms with Crippen LogP contribution in [0.2, 0.25) is 0 Å². The highest BCUT2D eigenvalue weighted by molar-refractivity contribution is 5.85. The molecule has 1 fully saturated rings. The van der Waals surface area contributed by atoms with Crippen molar-refractivity contribution in [3.63, 3.8) is 0 Å². The third kappa shape index (κ3) is 2.80. The number of hydrogen-bond donors (Lipinski definition) is 5. The number of nitrogens with one attached hydrogen (secondary N) is 1. The van der Waals surface area contributed by atoms with Gasteiger partial charge >= 0.3 is 5.69 Å². The first-order valence-electron chi connectivity index (χ1n) is 6.10. The average Bonchev–Trinajstić information content (AvgIpc) is 2.74. The topological polar surface area (TPSA) is 168 Å². The molecule has 6 N–H and O–H groups in total. The van der Waals surface area contributed by atoms with Crippen molar-refractivity contribution in [3.05, 3.63) is 33.1 Å². The number of carbonyl (C=O) groups is 1. The molecule has 10 heteroatoms. The van der Waals surface area contributed by atoms with Gasteiger partial charge in [0.05, 0.1) is 6.54 Å². The average molecular weight is 301 g/mol. The molecule has 116 valence electrons. The summed E-state index contributed by atoms with van der Waals surface area (Å²) in [4.78, 5) is 35.9. The van der Waals surface area contributed by atoms with Crippen LogP contribution >= 0.6 is 0 Å². The van der Waals surface area contributed by atoms with Crippen LogP contribution in [0.4, 0.5) is 0 Å². The second kappa shape index (κ2) is 5.87. The molecule has 0 amide bonds. The zero-order valence-electron chi connectivity index (χ0n) is 10.7. The molecular formula is C11H15N3O7. The van der Waals surface area contributed by atoms with Crippen molar-refractivity contribution in [1.82, 2.24) is 9.55 Å². The molecule has 2 heterocycles. The number of ether oxygens (including phenoxy) is 1. The number of aromatic nitrogens is 2. The van der Waals surface area contributed by atoms with Crippen molar-refractivity contribution < 1.29 is 24.9 Å². The summed E-state index contributed by atoms with van der Waals surface area (Å²) < 4.78 is 6.03. The Morgan fingerprint density at radius 3 is 2.67 bits per heavy atom. The molecule has 0 radical (unpaired) electrons. The lowest BCUT2D eigenvalue weighted by atomic mass is 10.0. The van der Waals surface area contributed by atoms with Crippen molar-refractivity contribution in [2.75, 3.05) is 6.54 Å². The molecule has 1 saturated heterocycles. The number of nitrogens with zero attached hydrogens (tertiary/aromatic N) is 1. The fourth-order valence-corrected chi connectivity index (χ4v) is 2.11. The number of carbonyl (C=O) groups excluding carboxylic acids is 1. The van der Waals surface area contributed by atoms with Crippen LogP contribution in [0.5, 0.6) is 0 Å². The fourth-order valence-electron chi connectivity index (χ4n) is 2.11. The Hall–Kier alpha value is -1.85. The lowest BCUT2D eigenvalue weighted by Crippen LogP contribution is -2.44. The molecule has 2 rings (SSSR count). The van der Waals surface area contributed by atoms with Gasteiger partial charge in [-0.25, -0.2) is 4.79 Å². The van der Waals surface area contributed by atoms with Gasteiger partial charge in [0, 0.05) is 12.3 Å². The molecule has 1 aliphatic heterocycles. The Bertz CT molecular complexity index is 639. The zero-order chi connectivity index (χ0) is 15.7. The molecule has 0 aromatic carbocycles. The Morgan fingerprint density at radius 1 is 1.43 bits per heavy atom. The van der Waals surface area contributed by atoms with Gasteiger partial charge < -0.3 is 25.8 Å². The van der Waals surface area contributed by atoms with Crippen molar-refractivity contribution in [2.45, 2.75) is 30.6 Å². The number of ketones is 1. The second-order valence-corrected chi connectivity index (χ2v) is 4.61. The highest BCUT2D eigenvalue weighted by Gasteiger charge is 2.48. The van der Waals surface area contributed by atoms with E-state index >= 15 is 0 Å². The fraction of sp³-hybridized carbons (Fsp3) is 0.545. The number of aromatic amines is 1. The summed E-state index contributed by atoms with van der Waals surface area (Å²) in [5.74, 6) is -0.777. The Balaban J connectivity index is 2.29. The van der Waals surface area contributed by atoms with Gasteiger partial charge in [-0.2, -0.15) is 0 Å². The van der Waals surface area contributed by atoms with Crippen LogP contribution in [0.1, 0.15) is 6.23 Å². The van der Waals surface area contributed by atoms with Gasteiger partial charge in [-0.3, -0.25) is 19.1 Å². The highest BCUT2D eigenvalue weighted by Crippen LogP contribution is 2.30. The third-order valence-corrected chi connectivity index (χ3v) is 3.24. The summed E-state index contributed by atoms with van der Waals surface area (Å²) in [6.45, 7) is -0.465. The maximum atomic E-state index is 11.6. The summed E-state index contributed by atoms with van der Waals surface area (Å²) in [5, 5.41) is 29.4. The number of nitrogens with two attached hydrogens (primary N) is 1. The summed E-state index contributed by atoms with van der Waals surface area (Å²) in [6, 6.07) is 1.03. The second-order valence-electron chi connectivity index (χ2n) is 4.61. The van der Waals surface area contributed by atoms with E-state index in [-0.39, 0.29) is 0 Å². The Kier molecular flexibility index (Phi) is 4.34. The van der Waals surface area contributed by atoms with E-state index in [1.807, 2.05) is 4.98 Å². The van der Waals surface area contributed by atoms with E-state index in [0.717, 1.165) is 16.8 Å². The number of rotatable bonds is 4. The lowest BCUT2D eigenvalue weighted by Gasteiger charge is -2.19. The predicted molar refractivity (Wildman–Crippen MR) is 67.3 cm³/mol. The smallest absolute Gasteiger partial charge is 0.330 e. The summed E-state index contributed by atoms with van der Waals surface area (Å²) >= 11 is 0. The van der Waals surface area contributed by atoms with Crippen molar-refractivity contribution >= 4 is 5.78 Å². The first kappa shape index (κ1) is 15.5. The molecule has 0 bridgehead atoms. The van der Waals surface area contributed by atoms with Crippen LogP contribution in [0.15, 0.2) is 21.9 Å². The molecular weight excluding hydrogens is 286 g/mol. The van der Waals surface area contributed by atoms with E-state index in [1.54, 1.807) is 0 Å². The molecule has 21 heavy (non-hydrogen) atoms. The molecule has 1 aromatic heterocycles. The maximum absolute atomic E-state index is 11.6. The monoisotopic (exact) mass is 301 g/mol. The van der Waals surface area contributed by atoms with Gasteiger partial charge in [0.2, 0.25) is 0 Å². The van der Waals surface area contributed by atoms with E-state index in [4.69, 9.17) is 10.5 Å². The molecule has 10 nitrogen and oxygen atoms in total. The highest BCUT2D eigenvalue weighted by atomic mass is 16.6. The standard InChI is InChI=1S/C11H15N3O7/c12-3-4(15)6(17)9-7(18)8(19)10(21-9)14-2-1-5(16)13-11(14)20/h1-2,6-10,17-19H,3,12H2,(H,13,16,20)/t6?,7-,8+,9+,10+/m0/s1. The summed E-state index contributed by atoms with van der Waals surface area (Å²) in [6.07, 6.45) is -6.61. The molecule has 5 atom stereocenters. The Morgan fingerprint density at radius 2 is 2.10 bits per heavy atom. The van der Waals surface area contributed by atoms with Crippen LogP contribution in [0.3, 0.4) is 0 Å². The van der Waals surface area contributed by atoms with E-state index < -0.39 is 54.2 Å². The van der Waals surface area contributed by atoms with Gasteiger partial charge in [0.25, 0.3) is 5.56 Å². The van der Waals surface area contributed by atoms with Crippen molar-refractivity contribution in [3.8, 4) is 0 Å². The molecule has 1 unspecified atom stereocenters. The molecule has 0 aliphatic carbocycles. The van der Waals surface area contributed by atoms with E-state index in [0.29, 0.717) is 0 Å². The first-order valence-corrected chi connectivity index (χ1v) is 6.10. The van der Waals surface area contributed by atoms with E-state index in [9.17, 15) is 29.7 Å². The third-order valence-electron chi connectivity index (χ3n) is 3.24. The SMILES string of the molecule is NCC(=O)C(O)[C@H]1O[C@@H](n2ccc(=O)[nH]c2=O)[C@H](O)[C@@H]1O. The minimum atomic E-state index is -1.73. The van der Waals surface area contributed by atoms with Crippen LogP contribution in [0.25, 0.3) is 0 Å². The molecule has 1 aliphatic rings. The minimum absolute atomic E-state index is 0.465. The van der Waals surface area contributed by atoms with Crippen LogP contribution < -0.4 is 17.0 Å². The minimum Gasteiger partial charge on any atom is -0.387 e. The largest absolute Gasteiger partial charge is 0.387 e. The number of aliphatic hydroxyl groups is 3. The number of hydrogen-bond acceptors (Lipinski definition) is 8. The van der Waals surface area contributed by atoms with Crippen LogP contribution in [-0.2, 0) is 9.53 Å². The van der Waals surface area contributed by atoms with Gasteiger partial charge in [0.1, 0.15) is 24.4 Å². The summed E-state index contributed by atoms with van der Waals surface area (Å²) in [5.41, 5.74) is 3.60. The molecule has 0 saturated carbocycles. The number of Topliss-reactive ketones (excluding diaryl/α,β-unsaturated/α-hetero) is 1. The van der Waals surface area contributed by atoms with Crippen molar-refractivity contribution in [2.24, 2.45) is 5.73 Å². The maximum Gasteiger partial charge on any atom is 0.330 e. The van der Waals surface area contributed by atoms with Gasteiger partial charge in [-0.05, 0) is 0 Å². The van der Waals surface area contributed by atoms with Crippen LogP contribution in [0, 0.1) is 0 Å². The number of H-pyrrole nitrogens is 1. The van der Waals surface area contributed by atoms with Gasteiger partial charge in [-0.15, -0.1) is 0 Å². The van der Waals surface area contributed by atoms with Gasteiger partial charge in [0.15, 0.2) is 12.0 Å².